The van der Waals surface area contributed by atoms with Gasteiger partial charge in [0.15, 0.2) is 0 Å². The number of rotatable bonds is 7. The van der Waals surface area contributed by atoms with Crippen molar-refractivity contribution in [1.29, 1.82) is 0 Å². The second-order valence-corrected chi connectivity index (χ2v) is 13.5. The van der Waals surface area contributed by atoms with Crippen molar-refractivity contribution in [3.05, 3.63) is 174 Å². The molecule has 1 aromatic heterocycles. The number of benzene rings is 5. The minimum absolute atomic E-state index is 0.0457. The van der Waals surface area contributed by atoms with Crippen LogP contribution in [-0.2, 0) is 12.1 Å². The molecule has 240 valence electrons. The first-order valence-electron chi connectivity index (χ1n) is 17.4. The molecule has 5 heteroatoms. The van der Waals surface area contributed by atoms with Gasteiger partial charge in [0, 0.05) is 43.5 Å². The highest BCUT2D eigenvalue weighted by Crippen LogP contribution is 2.42. The molecule has 1 saturated carbocycles. The smallest absolute Gasteiger partial charge is 0.254 e. The zero-order chi connectivity index (χ0) is 32.4. The lowest BCUT2D eigenvalue weighted by molar-refractivity contribution is -0.0258. The highest BCUT2D eigenvalue weighted by atomic mass is 16.2. The van der Waals surface area contributed by atoms with Crippen LogP contribution in [0.1, 0.15) is 64.8 Å². The molecule has 0 bridgehead atoms. The van der Waals surface area contributed by atoms with Gasteiger partial charge in [-0.15, -0.1) is 0 Å². The molecule has 2 heterocycles. The van der Waals surface area contributed by atoms with Crippen molar-refractivity contribution in [3.8, 4) is 0 Å². The second kappa shape index (κ2) is 12.9. The first-order chi connectivity index (χ1) is 23.7. The van der Waals surface area contributed by atoms with Gasteiger partial charge in [-0.2, -0.15) is 0 Å². The van der Waals surface area contributed by atoms with Crippen LogP contribution in [0.25, 0.3) is 10.8 Å². The van der Waals surface area contributed by atoms with Crippen LogP contribution in [0.15, 0.2) is 146 Å². The SMILES string of the molecule is O=C(c1cccc2ccccc12)N1CCN(Cc2cn(C(c3ccccc3)(c3ccccc3)c3ccccc3)cn2)C2(CCCCC2)C1. The van der Waals surface area contributed by atoms with E-state index in [-0.39, 0.29) is 11.4 Å². The first-order valence-corrected chi connectivity index (χ1v) is 17.4. The summed E-state index contributed by atoms with van der Waals surface area (Å²) in [5.41, 5.74) is 4.81. The number of piperazine rings is 1. The Bertz CT molecular complexity index is 1890. The molecule has 8 rings (SSSR count). The molecule has 48 heavy (non-hydrogen) atoms. The van der Waals surface area contributed by atoms with Gasteiger partial charge in [-0.25, -0.2) is 4.98 Å². The van der Waals surface area contributed by atoms with Crippen molar-refractivity contribution in [3.63, 3.8) is 0 Å². The van der Waals surface area contributed by atoms with Gasteiger partial charge in [-0.1, -0.05) is 147 Å². The fraction of sp³-hybridized carbons (Fsp3) is 0.256. The fourth-order valence-corrected chi connectivity index (χ4v) is 8.51. The Hall–Kier alpha value is -5.00. The Morgan fingerprint density at radius 3 is 1.90 bits per heavy atom. The predicted molar refractivity (Wildman–Crippen MR) is 193 cm³/mol. The number of hydrogen-bond acceptors (Lipinski definition) is 3. The Morgan fingerprint density at radius 2 is 1.25 bits per heavy atom. The van der Waals surface area contributed by atoms with Gasteiger partial charge < -0.3 is 9.47 Å². The molecule has 0 unspecified atom stereocenters. The molecular weight excluding hydrogens is 589 g/mol. The highest BCUT2D eigenvalue weighted by Gasteiger charge is 2.44. The third-order valence-electron chi connectivity index (χ3n) is 10.8. The first kappa shape index (κ1) is 30.3. The van der Waals surface area contributed by atoms with Crippen LogP contribution in [0.4, 0.5) is 0 Å². The zero-order valence-electron chi connectivity index (χ0n) is 27.4. The predicted octanol–water partition coefficient (Wildman–Crippen LogP) is 8.54. The average Bonchev–Trinajstić information content (AvgIpc) is 3.62. The van der Waals surface area contributed by atoms with E-state index in [9.17, 15) is 4.79 Å². The minimum Gasteiger partial charge on any atom is -0.335 e. The van der Waals surface area contributed by atoms with E-state index in [4.69, 9.17) is 4.98 Å². The van der Waals surface area contributed by atoms with Crippen LogP contribution in [0.3, 0.4) is 0 Å². The Morgan fingerprint density at radius 1 is 0.667 bits per heavy atom. The topological polar surface area (TPSA) is 41.4 Å². The Kier molecular flexibility index (Phi) is 8.15. The average molecular weight is 631 g/mol. The molecule has 2 aliphatic rings. The third kappa shape index (κ3) is 5.32. The van der Waals surface area contributed by atoms with Crippen LogP contribution >= 0.6 is 0 Å². The summed E-state index contributed by atoms with van der Waals surface area (Å²) in [6.45, 7) is 3.08. The molecule has 1 aliphatic heterocycles. The maximum Gasteiger partial charge on any atom is 0.254 e. The van der Waals surface area contributed by atoms with Crippen molar-refractivity contribution >= 4 is 16.7 Å². The zero-order valence-corrected chi connectivity index (χ0v) is 27.4. The summed E-state index contributed by atoms with van der Waals surface area (Å²) in [5, 5.41) is 2.15. The van der Waals surface area contributed by atoms with Crippen LogP contribution in [0, 0.1) is 0 Å². The van der Waals surface area contributed by atoms with E-state index < -0.39 is 5.54 Å². The number of hydrogen-bond donors (Lipinski definition) is 0. The summed E-state index contributed by atoms with van der Waals surface area (Å²) in [5.74, 6) is 0.152. The molecule has 1 saturated heterocycles. The monoisotopic (exact) mass is 630 g/mol. The molecule has 0 radical (unpaired) electrons. The Balaban J connectivity index is 1.13. The molecule has 0 N–H and O–H groups in total. The molecule has 6 aromatic rings. The lowest BCUT2D eigenvalue weighted by Gasteiger charge is -2.52. The van der Waals surface area contributed by atoms with Crippen LogP contribution < -0.4 is 0 Å². The van der Waals surface area contributed by atoms with E-state index in [1.807, 2.05) is 30.6 Å². The van der Waals surface area contributed by atoms with E-state index in [2.05, 4.69) is 130 Å². The molecule has 1 aliphatic carbocycles. The molecule has 5 aromatic carbocycles. The van der Waals surface area contributed by atoms with Crippen molar-refractivity contribution in [2.75, 3.05) is 19.6 Å². The molecule has 0 atom stereocenters. The molecule has 1 amide bonds. The standard InChI is InChI=1S/C43H42N4O/c48-41(40-25-15-17-34-16-11-12-24-39(34)40)45-28-29-46(42(32-45)26-13-4-14-27-42)30-38-31-47(33-44-38)43(35-18-5-1-6-19-35,36-20-7-2-8-21-36)37-22-9-3-10-23-37/h1-3,5-12,15-25,31,33H,4,13-14,26-30,32H2. The Labute approximate surface area is 283 Å². The van der Waals surface area contributed by atoms with E-state index in [0.717, 1.165) is 54.5 Å². The number of imidazole rings is 1. The van der Waals surface area contributed by atoms with Gasteiger partial charge in [0.25, 0.3) is 5.91 Å². The lowest BCUT2D eigenvalue weighted by atomic mass is 9.76. The number of fused-ring (bicyclic) bond motifs is 1. The largest absolute Gasteiger partial charge is 0.335 e. The molecule has 5 nitrogen and oxygen atoms in total. The van der Waals surface area contributed by atoms with Crippen LogP contribution in [-0.4, -0.2) is 50.4 Å². The molecular formula is C43H42N4O. The van der Waals surface area contributed by atoms with Gasteiger partial charge in [0.05, 0.1) is 12.0 Å². The summed E-state index contributed by atoms with van der Waals surface area (Å²) >= 11 is 0. The van der Waals surface area contributed by atoms with Crippen molar-refractivity contribution < 1.29 is 4.79 Å². The molecule has 2 fully saturated rings. The number of carbonyl (C=O) groups excluding carboxylic acids is 1. The summed E-state index contributed by atoms with van der Waals surface area (Å²) < 4.78 is 2.32. The summed E-state index contributed by atoms with van der Waals surface area (Å²) in [7, 11) is 0. The van der Waals surface area contributed by atoms with Crippen molar-refractivity contribution in [2.45, 2.75) is 49.7 Å². The quantitative estimate of drug-likeness (QED) is 0.166. The number of nitrogens with zero attached hydrogens (tertiary/aromatic N) is 4. The molecule has 1 spiro atoms. The van der Waals surface area contributed by atoms with Crippen LogP contribution in [0.2, 0.25) is 0 Å². The van der Waals surface area contributed by atoms with Gasteiger partial charge in [0.2, 0.25) is 0 Å². The van der Waals surface area contributed by atoms with Gasteiger partial charge in [-0.3, -0.25) is 9.69 Å². The van der Waals surface area contributed by atoms with Crippen molar-refractivity contribution in [2.24, 2.45) is 0 Å². The van der Waals surface area contributed by atoms with Crippen LogP contribution in [0.5, 0.6) is 0 Å². The number of carbonyl (C=O) groups is 1. The van der Waals surface area contributed by atoms with E-state index in [0.29, 0.717) is 6.54 Å². The fourth-order valence-electron chi connectivity index (χ4n) is 8.51. The van der Waals surface area contributed by atoms with E-state index in [1.54, 1.807) is 0 Å². The third-order valence-corrected chi connectivity index (χ3v) is 10.8. The van der Waals surface area contributed by atoms with E-state index >= 15 is 0 Å². The lowest BCUT2D eigenvalue weighted by Crippen LogP contribution is -2.63. The van der Waals surface area contributed by atoms with Crippen molar-refractivity contribution in [1.82, 2.24) is 19.4 Å². The normalized spacial score (nSPS) is 16.7. The van der Waals surface area contributed by atoms with E-state index in [1.165, 1.54) is 36.0 Å². The van der Waals surface area contributed by atoms with Gasteiger partial charge in [-0.05, 0) is 46.4 Å². The summed E-state index contributed by atoms with van der Waals surface area (Å²) in [4.78, 5) is 24.0. The second-order valence-electron chi connectivity index (χ2n) is 13.5. The number of amides is 1. The minimum atomic E-state index is -0.582. The maximum atomic E-state index is 14.1. The number of aromatic nitrogens is 2. The van der Waals surface area contributed by atoms with Gasteiger partial charge in [0.1, 0.15) is 5.54 Å². The summed E-state index contributed by atoms with van der Waals surface area (Å²) in [6, 6.07) is 46.7. The maximum absolute atomic E-state index is 14.1. The highest BCUT2D eigenvalue weighted by molar-refractivity contribution is 6.07. The summed E-state index contributed by atoms with van der Waals surface area (Å²) in [6.07, 6.45) is 10.1. The van der Waals surface area contributed by atoms with Gasteiger partial charge >= 0.3 is 0 Å².